The van der Waals surface area contributed by atoms with Gasteiger partial charge >= 0.3 is 0 Å². The number of hydrogen-bond acceptors (Lipinski definition) is 4. The van der Waals surface area contributed by atoms with Crippen LogP contribution >= 0.6 is 11.3 Å². The lowest BCUT2D eigenvalue weighted by Gasteiger charge is -2.05. The van der Waals surface area contributed by atoms with Crippen molar-refractivity contribution in [2.75, 3.05) is 13.1 Å². The number of nitrogens with one attached hydrogen (secondary N) is 2. The predicted octanol–water partition coefficient (Wildman–Crippen LogP) is 0.581. The van der Waals surface area contributed by atoms with Crippen LogP contribution in [-0.2, 0) is 16.0 Å². The third-order valence-electron chi connectivity index (χ3n) is 3.18. The highest BCUT2D eigenvalue weighted by Crippen LogP contribution is 2.28. The van der Waals surface area contributed by atoms with Crippen molar-refractivity contribution in [1.29, 1.82) is 0 Å². The van der Waals surface area contributed by atoms with Gasteiger partial charge in [-0.3, -0.25) is 14.0 Å². The molecule has 0 radical (unpaired) electrons. The van der Waals surface area contributed by atoms with Gasteiger partial charge in [-0.15, -0.1) is 11.3 Å². The molecule has 0 aliphatic heterocycles. The van der Waals surface area contributed by atoms with Crippen LogP contribution in [0.3, 0.4) is 0 Å². The topological polar surface area (TPSA) is 75.5 Å². The van der Waals surface area contributed by atoms with Crippen LogP contribution in [0.5, 0.6) is 0 Å². The van der Waals surface area contributed by atoms with Crippen molar-refractivity contribution in [2.45, 2.75) is 19.3 Å². The zero-order valence-electron chi connectivity index (χ0n) is 11.0. The lowest BCUT2D eigenvalue weighted by molar-refractivity contribution is -0.123. The average Bonchev–Trinajstić information content (AvgIpc) is 3.07. The van der Waals surface area contributed by atoms with Gasteiger partial charge in [-0.05, 0) is 12.8 Å². The first-order valence-electron chi connectivity index (χ1n) is 6.68. The van der Waals surface area contributed by atoms with E-state index < -0.39 is 0 Å². The van der Waals surface area contributed by atoms with Gasteiger partial charge in [0.15, 0.2) is 4.96 Å². The minimum Gasteiger partial charge on any atom is -0.354 e. The molecular weight excluding hydrogens is 276 g/mol. The van der Waals surface area contributed by atoms with Crippen molar-refractivity contribution in [1.82, 2.24) is 20.0 Å². The van der Waals surface area contributed by atoms with E-state index in [-0.39, 0.29) is 24.2 Å². The van der Waals surface area contributed by atoms with Crippen molar-refractivity contribution in [2.24, 2.45) is 5.92 Å². The van der Waals surface area contributed by atoms with E-state index in [2.05, 4.69) is 15.6 Å². The summed E-state index contributed by atoms with van der Waals surface area (Å²) in [4.78, 5) is 28.4. The maximum Gasteiger partial charge on any atom is 0.226 e. The van der Waals surface area contributed by atoms with Crippen LogP contribution in [-0.4, -0.2) is 34.3 Å². The molecule has 2 aromatic rings. The molecule has 0 aromatic carbocycles. The zero-order valence-corrected chi connectivity index (χ0v) is 11.8. The number of imidazole rings is 1. The Morgan fingerprint density at radius 3 is 2.90 bits per heavy atom. The summed E-state index contributed by atoms with van der Waals surface area (Å²) in [6.45, 7) is 0.943. The fraction of sp³-hybridized carbons (Fsp3) is 0.462. The van der Waals surface area contributed by atoms with E-state index in [9.17, 15) is 9.59 Å². The van der Waals surface area contributed by atoms with E-state index >= 15 is 0 Å². The molecule has 1 aliphatic carbocycles. The predicted molar refractivity (Wildman–Crippen MR) is 75.5 cm³/mol. The molecule has 1 fully saturated rings. The molecule has 6 nitrogen and oxygen atoms in total. The van der Waals surface area contributed by atoms with Crippen molar-refractivity contribution < 1.29 is 9.59 Å². The van der Waals surface area contributed by atoms with Crippen molar-refractivity contribution >= 4 is 28.1 Å². The van der Waals surface area contributed by atoms with Gasteiger partial charge in [0.05, 0.1) is 12.1 Å². The van der Waals surface area contributed by atoms with E-state index in [4.69, 9.17) is 0 Å². The molecule has 0 saturated heterocycles. The molecule has 0 bridgehead atoms. The standard InChI is InChI=1S/C13H16N4O2S/c18-11(14-3-4-15-12(19)9-1-2-9)7-10-8-17-5-6-20-13(17)16-10/h5-6,8-9H,1-4,7H2,(H,14,18)(H,15,19). The molecule has 1 aliphatic rings. The molecular formula is C13H16N4O2S. The van der Waals surface area contributed by atoms with Gasteiger partial charge in [-0.25, -0.2) is 4.98 Å². The fourth-order valence-electron chi connectivity index (χ4n) is 1.97. The monoisotopic (exact) mass is 292 g/mol. The number of carbonyl (C=O) groups is 2. The highest BCUT2D eigenvalue weighted by Gasteiger charge is 2.28. The quantitative estimate of drug-likeness (QED) is 0.765. The average molecular weight is 292 g/mol. The smallest absolute Gasteiger partial charge is 0.226 e. The molecule has 2 N–H and O–H groups in total. The Bertz CT molecular complexity index is 601. The summed E-state index contributed by atoms with van der Waals surface area (Å²) in [6.07, 6.45) is 6.04. The van der Waals surface area contributed by atoms with Crippen molar-refractivity contribution in [3.05, 3.63) is 23.5 Å². The van der Waals surface area contributed by atoms with E-state index in [0.29, 0.717) is 13.1 Å². The summed E-state index contributed by atoms with van der Waals surface area (Å²) in [5.41, 5.74) is 0.761. The molecule has 1 saturated carbocycles. The lowest BCUT2D eigenvalue weighted by Crippen LogP contribution is -2.35. The number of amides is 2. The largest absolute Gasteiger partial charge is 0.354 e. The molecule has 3 rings (SSSR count). The van der Waals surface area contributed by atoms with Gasteiger partial charge in [0.1, 0.15) is 0 Å². The number of thiazole rings is 1. The second kappa shape index (κ2) is 5.62. The number of aromatic nitrogens is 2. The molecule has 2 heterocycles. The van der Waals surface area contributed by atoms with Crippen LogP contribution in [0.1, 0.15) is 18.5 Å². The van der Waals surface area contributed by atoms with Gasteiger partial charge < -0.3 is 10.6 Å². The highest BCUT2D eigenvalue weighted by atomic mass is 32.1. The molecule has 0 unspecified atom stereocenters. The number of carbonyl (C=O) groups excluding carboxylic acids is 2. The molecule has 20 heavy (non-hydrogen) atoms. The SMILES string of the molecule is O=C(Cc1cn2ccsc2n1)NCCNC(=O)C1CC1. The molecule has 0 atom stereocenters. The molecule has 2 amide bonds. The first-order chi connectivity index (χ1) is 9.72. The van der Waals surface area contributed by atoms with Crippen LogP contribution in [0.4, 0.5) is 0 Å². The minimum atomic E-state index is -0.0728. The Morgan fingerprint density at radius 1 is 1.35 bits per heavy atom. The van der Waals surface area contributed by atoms with Crippen LogP contribution in [0.2, 0.25) is 0 Å². The van der Waals surface area contributed by atoms with E-state index in [1.54, 1.807) is 11.3 Å². The summed E-state index contributed by atoms with van der Waals surface area (Å²) >= 11 is 1.54. The number of hydrogen-bond donors (Lipinski definition) is 2. The lowest BCUT2D eigenvalue weighted by atomic mass is 10.3. The number of rotatable bonds is 6. The molecule has 106 valence electrons. The Hall–Kier alpha value is -1.89. The summed E-state index contributed by atoms with van der Waals surface area (Å²) in [6, 6.07) is 0. The van der Waals surface area contributed by atoms with E-state index in [1.165, 1.54) is 0 Å². The van der Waals surface area contributed by atoms with E-state index in [1.807, 2.05) is 22.2 Å². The Labute approximate surface area is 120 Å². The summed E-state index contributed by atoms with van der Waals surface area (Å²) < 4.78 is 1.91. The van der Waals surface area contributed by atoms with Crippen LogP contribution in [0.15, 0.2) is 17.8 Å². The Balaban J connectivity index is 1.38. The fourth-order valence-corrected chi connectivity index (χ4v) is 2.68. The molecule has 0 spiro atoms. The third-order valence-corrected chi connectivity index (χ3v) is 3.95. The van der Waals surface area contributed by atoms with Gasteiger partial charge in [0.25, 0.3) is 0 Å². The maximum absolute atomic E-state index is 11.7. The van der Waals surface area contributed by atoms with Crippen molar-refractivity contribution in [3.63, 3.8) is 0 Å². The van der Waals surface area contributed by atoms with Crippen LogP contribution in [0.25, 0.3) is 4.96 Å². The maximum atomic E-state index is 11.7. The number of fused-ring (bicyclic) bond motifs is 1. The Morgan fingerprint density at radius 2 is 2.15 bits per heavy atom. The second-order valence-electron chi connectivity index (χ2n) is 4.92. The van der Waals surface area contributed by atoms with Gasteiger partial charge in [-0.1, -0.05) is 0 Å². The summed E-state index contributed by atoms with van der Waals surface area (Å²) in [5, 5.41) is 7.55. The van der Waals surface area contributed by atoms with Crippen LogP contribution in [0, 0.1) is 5.92 Å². The molecule has 2 aromatic heterocycles. The highest BCUT2D eigenvalue weighted by molar-refractivity contribution is 7.15. The first kappa shape index (κ1) is 13.1. The number of nitrogens with zero attached hydrogens (tertiary/aromatic N) is 2. The zero-order chi connectivity index (χ0) is 13.9. The minimum absolute atomic E-state index is 0.0728. The first-order valence-corrected chi connectivity index (χ1v) is 7.56. The Kier molecular flexibility index (Phi) is 3.68. The van der Waals surface area contributed by atoms with Crippen molar-refractivity contribution in [3.8, 4) is 0 Å². The van der Waals surface area contributed by atoms with Gasteiger partial charge in [0, 0.05) is 36.8 Å². The summed E-state index contributed by atoms with van der Waals surface area (Å²) in [5.74, 6) is 0.245. The third kappa shape index (κ3) is 3.16. The van der Waals surface area contributed by atoms with Crippen LogP contribution < -0.4 is 10.6 Å². The summed E-state index contributed by atoms with van der Waals surface area (Å²) in [7, 11) is 0. The van der Waals surface area contributed by atoms with Gasteiger partial charge in [0.2, 0.25) is 11.8 Å². The van der Waals surface area contributed by atoms with E-state index in [0.717, 1.165) is 23.5 Å². The van der Waals surface area contributed by atoms with Gasteiger partial charge in [-0.2, -0.15) is 0 Å². The second-order valence-corrected chi connectivity index (χ2v) is 5.79. The molecule has 7 heteroatoms. The normalized spacial score (nSPS) is 14.4.